The molecule has 0 unspecified atom stereocenters. The van der Waals surface area contributed by atoms with E-state index in [0.717, 1.165) is 5.56 Å². The molecule has 0 aliphatic rings. The van der Waals surface area contributed by atoms with Crippen molar-refractivity contribution >= 4 is 23.2 Å². The molecule has 0 amide bonds. The zero-order chi connectivity index (χ0) is 11.7. The summed E-state index contributed by atoms with van der Waals surface area (Å²) in [6.07, 6.45) is 1.51. The first-order valence-corrected chi connectivity index (χ1v) is 5.35. The first-order chi connectivity index (χ1) is 7.59. The molecule has 0 atom stereocenters. The molecule has 2 aromatic rings. The van der Waals surface area contributed by atoms with E-state index in [-0.39, 0.29) is 0 Å². The van der Waals surface area contributed by atoms with Gasteiger partial charge in [-0.05, 0) is 18.6 Å². The summed E-state index contributed by atoms with van der Waals surface area (Å²) in [7, 11) is 0. The molecule has 0 saturated carbocycles. The maximum absolute atomic E-state index is 11.2. The molecule has 0 bridgehead atoms. The maximum Gasteiger partial charge on any atom is 0.345 e. The Balaban J connectivity index is 2.72. The number of aryl methyl sites for hydroxylation is 1. The fourth-order valence-corrected chi connectivity index (χ4v) is 1.83. The van der Waals surface area contributed by atoms with Gasteiger partial charge in [-0.25, -0.2) is 9.78 Å². The molecule has 1 heterocycles. The Morgan fingerprint density at radius 3 is 2.81 bits per heavy atom. The third-order valence-corrected chi connectivity index (χ3v) is 3.04. The molecule has 0 saturated heterocycles. The van der Waals surface area contributed by atoms with Crippen molar-refractivity contribution in [1.29, 1.82) is 0 Å². The number of benzene rings is 1. The van der Waals surface area contributed by atoms with Crippen LogP contribution in [-0.4, -0.2) is 9.97 Å². The Hall–Kier alpha value is -1.32. The zero-order valence-corrected chi connectivity index (χ0v) is 9.93. The van der Waals surface area contributed by atoms with Crippen LogP contribution in [-0.2, 0) is 0 Å². The van der Waals surface area contributed by atoms with Gasteiger partial charge >= 0.3 is 5.69 Å². The lowest BCUT2D eigenvalue weighted by molar-refractivity contribution is 1.06. The highest BCUT2D eigenvalue weighted by Crippen LogP contribution is 2.32. The van der Waals surface area contributed by atoms with Gasteiger partial charge in [0.25, 0.3) is 0 Å². The summed E-state index contributed by atoms with van der Waals surface area (Å²) >= 11 is 12.0. The summed E-state index contributed by atoms with van der Waals surface area (Å²) in [5.41, 5.74) is 1.78. The van der Waals surface area contributed by atoms with Gasteiger partial charge in [0.05, 0.1) is 15.7 Å². The van der Waals surface area contributed by atoms with Gasteiger partial charge in [-0.3, -0.25) is 0 Å². The third-order valence-electron chi connectivity index (χ3n) is 2.22. The minimum absolute atomic E-state index is 0.406. The van der Waals surface area contributed by atoms with Crippen LogP contribution in [0.15, 0.2) is 29.2 Å². The number of H-pyrrole nitrogens is 1. The van der Waals surface area contributed by atoms with Crippen LogP contribution in [0.5, 0.6) is 0 Å². The SMILES string of the molecule is Cc1cnc(=O)[nH]c1-c1cccc(Cl)c1Cl. The predicted octanol–water partition coefficient (Wildman–Crippen LogP) is 3.05. The number of nitrogens with one attached hydrogen (secondary N) is 1. The van der Waals surface area contributed by atoms with Crippen LogP contribution < -0.4 is 5.69 Å². The quantitative estimate of drug-likeness (QED) is 0.851. The lowest BCUT2D eigenvalue weighted by Gasteiger charge is -2.07. The van der Waals surface area contributed by atoms with Crippen LogP contribution in [0, 0.1) is 6.92 Å². The molecule has 0 aliphatic carbocycles. The molecule has 82 valence electrons. The van der Waals surface area contributed by atoms with E-state index in [1.54, 1.807) is 18.2 Å². The first kappa shape index (κ1) is 11.2. The number of aromatic nitrogens is 2. The van der Waals surface area contributed by atoms with Gasteiger partial charge in [-0.1, -0.05) is 35.3 Å². The lowest BCUT2D eigenvalue weighted by Crippen LogP contribution is -2.11. The minimum Gasteiger partial charge on any atom is -0.305 e. The molecule has 16 heavy (non-hydrogen) atoms. The first-order valence-electron chi connectivity index (χ1n) is 4.60. The summed E-state index contributed by atoms with van der Waals surface area (Å²) in [5, 5.41) is 0.880. The molecule has 5 heteroatoms. The Kier molecular flexibility index (Phi) is 2.99. The van der Waals surface area contributed by atoms with E-state index in [9.17, 15) is 4.79 Å². The standard InChI is InChI=1S/C11H8Cl2N2O/c1-6-5-14-11(16)15-10(6)7-3-2-4-8(12)9(7)13/h2-5H,1H3,(H,14,15,16). The van der Waals surface area contributed by atoms with Gasteiger partial charge in [0, 0.05) is 11.8 Å². The Labute approximate surface area is 102 Å². The molecule has 1 aromatic heterocycles. The van der Waals surface area contributed by atoms with Crippen molar-refractivity contribution in [2.45, 2.75) is 6.92 Å². The number of aromatic amines is 1. The smallest absolute Gasteiger partial charge is 0.305 e. The van der Waals surface area contributed by atoms with Crippen molar-refractivity contribution in [2.75, 3.05) is 0 Å². The summed E-state index contributed by atoms with van der Waals surface area (Å²) < 4.78 is 0. The average Bonchev–Trinajstić information content (AvgIpc) is 2.26. The molecule has 1 N–H and O–H groups in total. The lowest BCUT2D eigenvalue weighted by atomic mass is 10.1. The molecule has 0 radical (unpaired) electrons. The topological polar surface area (TPSA) is 45.8 Å². The Morgan fingerprint density at radius 2 is 2.06 bits per heavy atom. The van der Waals surface area contributed by atoms with Crippen molar-refractivity contribution in [1.82, 2.24) is 9.97 Å². The van der Waals surface area contributed by atoms with Crippen molar-refractivity contribution in [3.05, 3.63) is 50.5 Å². The fourth-order valence-electron chi connectivity index (χ4n) is 1.43. The van der Waals surface area contributed by atoms with Crippen LogP contribution in [0.2, 0.25) is 10.0 Å². The van der Waals surface area contributed by atoms with Gasteiger partial charge in [0.1, 0.15) is 0 Å². The molecule has 3 nitrogen and oxygen atoms in total. The molecular formula is C11H8Cl2N2O. The summed E-state index contributed by atoms with van der Waals surface area (Å²) in [6.45, 7) is 1.84. The molecular weight excluding hydrogens is 247 g/mol. The highest BCUT2D eigenvalue weighted by molar-refractivity contribution is 6.43. The maximum atomic E-state index is 11.2. The summed E-state index contributed by atoms with van der Waals surface area (Å²) in [6, 6.07) is 5.27. The molecule has 1 aromatic carbocycles. The number of halogens is 2. The zero-order valence-electron chi connectivity index (χ0n) is 8.42. The summed E-state index contributed by atoms with van der Waals surface area (Å²) in [4.78, 5) is 17.4. The van der Waals surface area contributed by atoms with E-state index >= 15 is 0 Å². The number of hydrogen-bond donors (Lipinski definition) is 1. The van der Waals surface area contributed by atoms with Gasteiger partial charge in [0.2, 0.25) is 0 Å². The van der Waals surface area contributed by atoms with Crippen molar-refractivity contribution in [3.63, 3.8) is 0 Å². The van der Waals surface area contributed by atoms with E-state index in [2.05, 4.69) is 9.97 Å². The van der Waals surface area contributed by atoms with E-state index in [1.807, 2.05) is 6.92 Å². The van der Waals surface area contributed by atoms with Crippen molar-refractivity contribution in [3.8, 4) is 11.3 Å². The van der Waals surface area contributed by atoms with Crippen LogP contribution in [0.4, 0.5) is 0 Å². The molecule has 0 fully saturated rings. The molecule has 0 spiro atoms. The highest BCUT2D eigenvalue weighted by Gasteiger charge is 2.09. The second kappa shape index (κ2) is 4.28. The van der Waals surface area contributed by atoms with Crippen LogP contribution >= 0.6 is 23.2 Å². The highest BCUT2D eigenvalue weighted by atomic mass is 35.5. The Morgan fingerprint density at radius 1 is 1.31 bits per heavy atom. The third kappa shape index (κ3) is 1.96. The number of rotatable bonds is 1. The number of nitrogens with zero attached hydrogens (tertiary/aromatic N) is 1. The van der Waals surface area contributed by atoms with Gasteiger partial charge < -0.3 is 4.98 Å². The summed E-state index contributed by atoms with van der Waals surface area (Å²) in [5.74, 6) is 0. The normalized spacial score (nSPS) is 10.4. The minimum atomic E-state index is -0.406. The Bertz CT molecular complexity index is 593. The van der Waals surface area contributed by atoms with E-state index in [4.69, 9.17) is 23.2 Å². The van der Waals surface area contributed by atoms with Crippen LogP contribution in [0.3, 0.4) is 0 Å². The van der Waals surface area contributed by atoms with E-state index < -0.39 is 5.69 Å². The fraction of sp³-hybridized carbons (Fsp3) is 0.0909. The van der Waals surface area contributed by atoms with Crippen LogP contribution in [0.25, 0.3) is 11.3 Å². The van der Waals surface area contributed by atoms with E-state index in [1.165, 1.54) is 6.20 Å². The second-order valence-corrected chi connectivity index (χ2v) is 4.13. The van der Waals surface area contributed by atoms with E-state index in [0.29, 0.717) is 21.3 Å². The molecule has 2 rings (SSSR count). The van der Waals surface area contributed by atoms with Gasteiger partial charge in [-0.15, -0.1) is 0 Å². The average molecular weight is 255 g/mol. The monoisotopic (exact) mass is 254 g/mol. The van der Waals surface area contributed by atoms with Gasteiger partial charge in [-0.2, -0.15) is 0 Å². The number of hydrogen-bond acceptors (Lipinski definition) is 2. The predicted molar refractivity (Wildman–Crippen MR) is 65.1 cm³/mol. The van der Waals surface area contributed by atoms with Crippen LogP contribution in [0.1, 0.15) is 5.56 Å². The van der Waals surface area contributed by atoms with Crippen molar-refractivity contribution < 1.29 is 0 Å². The second-order valence-electron chi connectivity index (χ2n) is 3.35. The molecule has 0 aliphatic heterocycles. The van der Waals surface area contributed by atoms with Crippen molar-refractivity contribution in [2.24, 2.45) is 0 Å². The van der Waals surface area contributed by atoms with Gasteiger partial charge in [0.15, 0.2) is 0 Å². The largest absolute Gasteiger partial charge is 0.345 e.